The zero-order chi connectivity index (χ0) is 26.2. The number of benzene rings is 2. The van der Waals surface area contributed by atoms with Crippen LogP contribution in [0.4, 0.5) is 5.69 Å². The normalized spacial score (nSPS) is 21.8. The van der Waals surface area contributed by atoms with Gasteiger partial charge in [-0.3, -0.25) is 14.5 Å². The van der Waals surface area contributed by atoms with Crippen LogP contribution in [-0.2, 0) is 11.3 Å². The number of para-hydroxylation sites is 1. The Balaban J connectivity index is 1.39. The average molecular weight is 511 g/mol. The monoisotopic (exact) mass is 510 g/mol. The van der Waals surface area contributed by atoms with Gasteiger partial charge >= 0.3 is 0 Å². The lowest BCUT2D eigenvalue weighted by atomic mass is 9.84. The van der Waals surface area contributed by atoms with Gasteiger partial charge in [0.15, 0.2) is 6.04 Å². The molecule has 2 aliphatic heterocycles. The van der Waals surface area contributed by atoms with Crippen molar-refractivity contribution < 1.29 is 9.59 Å². The third-order valence-electron chi connectivity index (χ3n) is 8.89. The van der Waals surface area contributed by atoms with Crippen molar-refractivity contribution in [2.45, 2.75) is 63.1 Å². The van der Waals surface area contributed by atoms with E-state index in [1.165, 1.54) is 37.7 Å². The highest BCUT2D eigenvalue weighted by Crippen LogP contribution is 2.38. The highest BCUT2D eigenvalue weighted by Gasteiger charge is 2.42. The van der Waals surface area contributed by atoms with Crippen LogP contribution in [-0.4, -0.2) is 59.4 Å². The molecule has 0 bridgehead atoms. The van der Waals surface area contributed by atoms with Gasteiger partial charge in [-0.05, 0) is 80.7 Å². The standard InChI is InChI=1S/C32H38N4O2/c1-33(2)27-18-20-35(22-27)32(38)30-29-13-8-19-34(29)21-26-11-6-7-12-28(26)36(30)31(37)25-16-14-24(15-17-25)23-9-4-3-5-10-23/h6-8,11-17,19,23,27,30H,3-5,9-10,18,20-22H2,1-2H3/t27-,30?/m1/s1. The fraction of sp³-hybridized carbons (Fsp3) is 0.438. The van der Waals surface area contributed by atoms with Crippen LogP contribution in [0.25, 0.3) is 0 Å². The second-order valence-corrected chi connectivity index (χ2v) is 11.4. The molecule has 0 radical (unpaired) electrons. The summed E-state index contributed by atoms with van der Waals surface area (Å²) in [7, 11) is 4.14. The van der Waals surface area contributed by atoms with E-state index >= 15 is 0 Å². The molecule has 1 unspecified atom stereocenters. The maximum Gasteiger partial charge on any atom is 0.259 e. The number of aromatic nitrogens is 1. The van der Waals surface area contributed by atoms with Gasteiger partial charge in [0, 0.05) is 37.4 Å². The van der Waals surface area contributed by atoms with Crippen molar-refractivity contribution in [2.24, 2.45) is 0 Å². The van der Waals surface area contributed by atoms with Gasteiger partial charge in [-0.2, -0.15) is 0 Å². The van der Waals surface area contributed by atoms with Crippen molar-refractivity contribution in [1.82, 2.24) is 14.4 Å². The summed E-state index contributed by atoms with van der Waals surface area (Å²) in [5, 5.41) is 0. The predicted molar refractivity (Wildman–Crippen MR) is 150 cm³/mol. The summed E-state index contributed by atoms with van der Waals surface area (Å²) >= 11 is 0. The Bertz CT molecular complexity index is 1310. The Hall–Kier alpha value is -3.38. The minimum atomic E-state index is -0.708. The van der Waals surface area contributed by atoms with E-state index in [1.807, 2.05) is 53.6 Å². The highest BCUT2D eigenvalue weighted by molar-refractivity contribution is 6.10. The van der Waals surface area contributed by atoms with Crippen molar-refractivity contribution in [3.05, 3.63) is 89.2 Å². The SMILES string of the molecule is CN(C)[C@@H]1CCN(C(=O)C2c3cccn3Cc3ccccc3N2C(=O)c2ccc(C3CCCCC3)cc2)C1. The molecule has 198 valence electrons. The van der Waals surface area contributed by atoms with E-state index in [0.717, 1.165) is 23.4 Å². The highest BCUT2D eigenvalue weighted by atomic mass is 16.2. The van der Waals surface area contributed by atoms with Gasteiger partial charge in [-0.25, -0.2) is 0 Å². The number of likely N-dealkylation sites (tertiary alicyclic amines) is 1. The molecular weight excluding hydrogens is 472 g/mol. The molecule has 3 heterocycles. The summed E-state index contributed by atoms with van der Waals surface area (Å²) in [5.74, 6) is 0.464. The van der Waals surface area contributed by atoms with Crippen molar-refractivity contribution in [3.8, 4) is 0 Å². The fourth-order valence-electron chi connectivity index (χ4n) is 6.63. The molecule has 6 rings (SSSR count). The van der Waals surface area contributed by atoms with Crippen LogP contribution in [0.15, 0.2) is 66.9 Å². The number of hydrogen-bond donors (Lipinski definition) is 0. The first-order valence-electron chi connectivity index (χ1n) is 14.1. The van der Waals surface area contributed by atoms with Gasteiger partial charge in [0.1, 0.15) is 0 Å². The Morgan fingerprint density at radius 2 is 1.63 bits per heavy atom. The molecule has 6 nitrogen and oxygen atoms in total. The quantitative estimate of drug-likeness (QED) is 0.469. The van der Waals surface area contributed by atoms with E-state index in [-0.39, 0.29) is 11.8 Å². The number of likely N-dealkylation sites (N-methyl/N-ethyl adjacent to an activating group) is 1. The predicted octanol–water partition coefficient (Wildman–Crippen LogP) is 5.45. The van der Waals surface area contributed by atoms with Crippen LogP contribution in [0.2, 0.25) is 0 Å². The van der Waals surface area contributed by atoms with Crippen LogP contribution in [0.3, 0.4) is 0 Å². The largest absolute Gasteiger partial charge is 0.345 e. The van der Waals surface area contributed by atoms with Gasteiger partial charge in [0.25, 0.3) is 11.8 Å². The zero-order valence-corrected chi connectivity index (χ0v) is 22.6. The molecule has 2 aromatic carbocycles. The van der Waals surface area contributed by atoms with Crippen LogP contribution in [0.1, 0.15) is 77.7 Å². The summed E-state index contributed by atoms with van der Waals surface area (Å²) in [6.45, 7) is 2.02. The smallest absolute Gasteiger partial charge is 0.259 e. The first-order chi connectivity index (χ1) is 18.5. The Kier molecular flexibility index (Phi) is 6.83. The second-order valence-electron chi connectivity index (χ2n) is 11.4. The Morgan fingerprint density at radius 1 is 0.868 bits per heavy atom. The lowest BCUT2D eigenvalue weighted by Crippen LogP contribution is -2.46. The fourth-order valence-corrected chi connectivity index (χ4v) is 6.63. The summed E-state index contributed by atoms with van der Waals surface area (Å²) in [4.78, 5) is 34.6. The number of rotatable bonds is 4. The van der Waals surface area contributed by atoms with E-state index in [9.17, 15) is 9.59 Å². The first kappa shape index (κ1) is 24.9. The molecule has 0 N–H and O–H groups in total. The Labute approximate surface area is 225 Å². The van der Waals surface area contributed by atoms with Crippen LogP contribution < -0.4 is 4.90 Å². The number of carbonyl (C=O) groups excluding carboxylic acids is 2. The van der Waals surface area contributed by atoms with Gasteiger partial charge in [-0.1, -0.05) is 49.6 Å². The molecule has 1 aliphatic carbocycles. The molecule has 2 atom stereocenters. The van der Waals surface area contributed by atoms with E-state index in [2.05, 4.69) is 41.8 Å². The first-order valence-corrected chi connectivity index (χ1v) is 14.1. The zero-order valence-electron chi connectivity index (χ0n) is 22.6. The molecule has 2 fully saturated rings. The maximum absolute atomic E-state index is 14.4. The molecule has 1 saturated carbocycles. The van der Waals surface area contributed by atoms with E-state index in [1.54, 1.807) is 4.90 Å². The van der Waals surface area contributed by atoms with Crippen molar-refractivity contribution >= 4 is 17.5 Å². The molecule has 2 amide bonds. The third-order valence-corrected chi connectivity index (χ3v) is 8.89. The van der Waals surface area contributed by atoms with Crippen molar-refractivity contribution in [1.29, 1.82) is 0 Å². The number of anilines is 1. The number of carbonyl (C=O) groups is 2. The third kappa shape index (κ3) is 4.55. The molecular formula is C32H38N4O2. The van der Waals surface area contributed by atoms with Crippen LogP contribution in [0.5, 0.6) is 0 Å². The van der Waals surface area contributed by atoms with Gasteiger partial charge in [0.2, 0.25) is 0 Å². The van der Waals surface area contributed by atoms with Crippen molar-refractivity contribution in [3.63, 3.8) is 0 Å². The molecule has 1 saturated heterocycles. The molecule has 6 heteroatoms. The minimum absolute atomic E-state index is 0.00169. The van der Waals surface area contributed by atoms with Crippen molar-refractivity contribution in [2.75, 3.05) is 32.1 Å². The van der Waals surface area contributed by atoms with Gasteiger partial charge in [-0.15, -0.1) is 0 Å². The average Bonchev–Trinajstić information content (AvgIpc) is 3.60. The maximum atomic E-state index is 14.4. The molecule has 38 heavy (non-hydrogen) atoms. The summed E-state index contributed by atoms with van der Waals surface area (Å²) < 4.78 is 2.13. The second kappa shape index (κ2) is 10.4. The summed E-state index contributed by atoms with van der Waals surface area (Å²) in [6, 6.07) is 19.8. The number of nitrogens with zero attached hydrogens (tertiary/aromatic N) is 4. The lowest BCUT2D eigenvalue weighted by Gasteiger charge is -2.33. The van der Waals surface area contributed by atoms with E-state index in [4.69, 9.17) is 0 Å². The van der Waals surface area contributed by atoms with E-state index in [0.29, 0.717) is 37.2 Å². The number of fused-ring (bicyclic) bond motifs is 2. The number of amides is 2. The summed E-state index contributed by atoms with van der Waals surface area (Å²) in [6.07, 6.45) is 9.31. The van der Waals surface area contributed by atoms with Crippen LogP contribution in [0, 0.1) is 0 Å². The lowest BCUT2D eigenvalue weighted by molar-refractivity contribution is -0.131. The molecule has 3 aliphatic rings. The summed E-state index contributed by atoms with van der Waals surface area (Å²) in [5.41, 5.74) is 4.68. The van der Waals surface area contributed by atoms with Gasteiger partial charge in [0.05, 0.1) is 11.4 Å². The van der Waals surface area contributed by atoms with E-state index < -0.39 is 6.04 Å². The Morgan fingerprint density at radius 3 is 2.37 bits per heavy atom. The van der Waals surface area contributed by atoms with Crippen LogP contribution >= 0.6 is 0 Å². The molecule has 3 aromatic rings. The topological polar surface area (TPSA) is 48.8 Å². The molecule has 0 spiro atoms. The molecule has 1 aromatic heterocycles. The minimum Gasteiger partial charge on any atom is -0.345 e. The number of hydrogen-bond acceptors (Lipinski definition) is 3. The van der Waals surface area contributed by atoms with Gasteiger partial charge < -0.3 is 14.4 Å².